The van der Waals surface area contributed by atoms with E-state index in [1.54, 1.807) is 0 Å². The number of esters is 1. The van der Waals surface area contributed by atoms with Gasteiger partial charge in [-0.05, 0) is 18.8 Å². The second kappa shape index (κ2) is 5.89. The van der Waals surface area contributed by atoms with E-state index in [0.29, 0.717) is 6.42 Å². The lowest BCUT2D eigenvalue weighted by Gasteiger charge is -2.15. The van der Waals surface area contributed by atoms with Crippen LogP contribution < -0.4 is 0 Å². The molecule has 1 aliphatic carbocycles. The molecule has 15 heavy (non-hydrogen) atoms. The van der Waals surface area contributed by atoms with Gasteiger partial charge in [0.05, 0.1) is 7.11 Å². The third-order valence-electron chi connectivity index (χ3n) is 3.21. The van der Waals surface area contributed by atoms with Crippen LogP contribution in [0, 0.1) is 11.8 Å². The number of methoxy groups -OCH3 is 1. The zero-order chi connectivity index (χ0) is 11.3. The van der Waals surface area contributed by atoms with Gasteiger partial charge in [0.25, 0.3) is 0 Å². The third kappa shape index (κ3) is 3.05. The Hall–Kier alpha value is -0.860. The first-order valence-corrected chi connectivity index (χ1v) is 5.81. The average molecular weight is 212 g/mol. The number of hydrogen-bond donors (Lipinski definition) is 0. The van der Waals surface area contributed by atoms with Crippen molar-refractivity contribution < 1.29 is 14.3 Å². The Balaban J connectivity index is 2.48. The van der Waals surface area contributed by atoms with Crippen LogP contribution >= 0.6 is 0 Å². The standard InChI is InChI=1S/C12H20O3/c1-3-4-5-6-9-7-8-10(13)11(9)12(14)15-2/h9,11H,3-8H2,1-2H3/t9-,11?/m0/s1. The van der Waals surface area contributed by atoms with E-state index in [-0.39, 0.29) is 17.7 Å². The Morgan fingerprint density at radius 3 is 2.80 bits per heavy atom. The molecule has 0 N–H and O–H groups in total. The molecule has 0 aromatic carbocycles. The summed E-state index contributed by atoms with van der Waals surface area (Å²) >= 11 is 0. The average Bonchev–Trinajstić information content (AvgIpc) is 2.59. The van der Waals surface area contributed by atoms with Crippen molar-refractivity contribution in [3.05, 3.63) is 0 Å². The summed E-state index contributed by atoms with van der Waals surface area (Å²) in [6.45, 7) is 2.15. The number of rotatable bonds is 5. The largest absolute Gasteiger partial charge is 0.468 e. The van der Waals surface area contributed by atoms with Crippen molar-refractivity contribution in [2.45, 2.75) is 45.4 Å². The molecule has 0 aromatic rings. The topological polar surface area (TPSA) is 43.4 Å². The molecule has 3 heteroatoms. The van der Waals surface area contributed by atoms with Crippen LogP contribution in [0.25, 0.3) is 0 Å². The van der Waals surface area contributed by atoms with Crippen molar-refractivity contribution in [3.8, 4) is 0 Å². The Bertz CT molecular complexity index is 235. The molecular weight excluding hydrogens is 192 g/mol. The smallest absolute Gasteiger partial charge is 0.316 e. The fourth-order valence-electron chi connectivity index (χ4n) is 2.33. The van der Waals surface area contributed by atoms with Crippen molar-refractivity contribution in [1.82, 2.24) is 0 Å². The summed E-state index contributed by atoms with van der Waals surface area (Å²) in [5, 5.41) is 0. The van der Waals surface area contributed by atoms with Gasteiger partial charge in [0.1, 0.15) is 11.7 Å². The second-order valence-electron chi connectivity index (χ2n) is 4.26. The van der Waals surface area contributed by atoms with Crippen LogP contribution in [0.4, 0.5) is 0 Å². The minimum atomic E-state index is -0.466. The molecule has 86 valence electrons. The number of ether oxygens (including phenoxy) is 1. The van der Waals surface area contributed by atoms with E-state index in [9.17, 15) is 9.59 Å². The first kappa shape index (κ1) is 12.2. The lowest BCUT2D eigenvalue weighted by Crippen LogP contribution is -2.26. The third-order valence-corrected chi connectivity index (χ3v) is 3.21. The lowest BCUT2D eigenvalue weighted by atomic mass is 9.90. The van der Waals surface area contributed by atoms with Crippen molar-refractivity contribution in [2.24, 2.45) is 11.8 Å². The minimum Gasteiger partial charge on any atom is -0.468 e. The molecule has 1 rings (SSSR count). The van der Waals surface area contributed by atoms with Crippen LogP contribution in [0.5, 0.6) is 0 Å². The molecule has 0 amide bonds. The molecule has 0 aromatic heterocycles. The zero-order valence-electron chi connectivity index (χ0n) is 9.62. The van der Waals surface area contributed by atoms with E-state index < -0.39 is 5.92 Å². The number of ketones is 1. The van der Waals surface area contributed by atoms with Gasteiger partial charge < -0.3 is 4.74 Å². The predicted octanol–water partition coefficient (Wildman–Crippen LogP) is 2.33. The maximum atomic E-state index is 11.5. The Morgan fingerprint density at radius 1 is 1.47 bits per heavy atom. The normalized spacial score (nSPS) is 25.6. The van der Waals surface area contributed by atoms with Crippen LogP contribution in [-0.4, -0.2) is 18.9 Å². The molecular formula is C12H20O3. The minimum absolute atomic E-state index is 0.0725. The highest BCUT2D eigenvalue weighted by Gasteiger charge is 2.40. The van der Waals surface area contributed by atoms with Gasteiger partial charge in [0, 0.05) is 6.42 Å². The Morgan fingerprint density at radius 2 is 2.20 bits per heavy atom. The molecule has 0 saturated heterocycles. The van der Waals surface area contributed by atoms with Gasteiger partial charge in [-0.25, -0.2) is 0 Å². The van der Waals surface area contributed by atoms with Crippen molar-refractivity contribution >= 4 is 11.8 Å². The van der Waals surface area contributed by atoms with Gasteiger partial charge in [-0.15, -0.1) is 0 Å². The number of Topliss-reactive ketones (excluding diaryl/α,β-unsaturated/α-hetero) is 1. The van der Waals surface area contributed by atoms with Gasteiger partial charge in [0.15, 0.2) is 0 Å². The number of carbonyl (C=O) groups excluding carboxylic acids is 2. The van der Waals surface area contributed by atoms with Crippen LogP contribution in [-0.2, 0) is 14.3 Å². The molecule has 0 spiro atoms. The molecule has 1 aliphatic rings. The zero-order valence-corrected chi connectivity index (χ0v) is 9.62. The first-order valence-electron chi connectivity index (χ1n) is 5.81. The monoisotopic (exact) mass is 212 g/mol. The van der Waals surface area contributed by atoms with E-state index in [1.165, 1.54) is 20.0 Å². The van der Waals surface area contributed by atoms with E-state index in [2.05, 4.69) is 11.7 Å². The fraction of sp³-hybridized carbons (Fsp3) is 0.833. The Kier molecular flexibility index (Phi) is 4.79. The summed E-state index contributed by atoms with van der Waals surface area (Å²) in [5.41, 5.74) is 0. The van der Waals surface area contributed by atoms with Crippen molar-refractivity contribution in [2.75, 3.05) is 7.11 Å². The van der Waals surface area contributed by atoms with Gasteiger partial charge >= 0.3 is 5.97 Å². The number of unbranched alkanes of at least 4 members (excludes halogenated alkanes) is 2. The van der Waals surface area contributed by atoms with E-state index in [0.717, 1.165) is 19.3 Å². The van der Waals surface area contributed by atoms with Gasteiger partial charge in [-0.1, -0.05) is 26.2 Å². The summed E-state index contributed by atoms with van der Waals surface area (Å²) in [5.74, 6) is -0.495. The molecule has 1 unspecified atom stereocenters. The van der Waals surface area contributed by atoms with Crippen LogP contribution in [0.1, 0.15) is 45.4 Å². The summed E-state index contributed by atoms with van der Waals surface area (Å²) < 4.78 is 4.68. The highest BCUT2D eigenvalue weighted by atomic mass is 16.5. The summed E-state index contributed by atoms with van der Waals surface area (Å²) in [6, 6.07) is 0. The van der Waals surface area contributed by atoms with Gasteiger partial charge in [0.2, 0.25) is 0 Å². The first-order chi connectivity index (χ1) is 7.20. The van der Waals surface area contributed by atoms with Crippen LogP contribution in [0.2, 0.25) is 0 Å². The molecule has 2 atom stereocenters. The summed E-state index contributed by atoms with van der Waals surface area (Å²) in [7, 11) is 1.36. The van der Waals surface area contributed by atoms with Crippen LogP contribution in [0.15, 0.2) is 0 Å². The maximum absolute atomic E-state index is 11.5. The lowest BCUT2D eigenvalue weighted by molar-refractivity contribution is -0.149. The number of carbonyl (C=O) groups is 2. The van der Waals surface area contributed by atoms with E-state index in [1.807, 2.05) is 0 Å². The van der Waals surface area contributed by atoms with Gasteiger partial charge in [-0.2, -0.15) is 0 Å². The van der Waals surface area contributed by atoms with E-state index >= 15 is 0 Å². The number of hydrogen-bond acceptors (Lipinski definition) is 3. The molecule has 0 aliphatic heterocycles. The van der Waals surface area contributed by atoms with Crippen molar-refractivity contribution in [1.29, 1.82) is 0 Å². The second-order valence-corrected chi connectivity index (χ2v) is 4.26. The van der Waals surface area contributed by atoms with Crippen LogP contribution in [0.3, 0.4) is 0 Å². The highest BCUT2D eigenvalue weighted by molar-refractivity contribution is 6.00. The highest BCUT2D eigenvalue weighted by Crippen LogP contribution is 2.33. The molecule has 1 fully saturated rings. The molecule has 0 radical (unpaired) electrons. The van der Waals surface area contributed by atoms with E-state index in [4.69, 9.17) is 0 Å². The molecule has 0 bridgehead atoms. The summed E-state index contributed by atoms with van der Waals surface area (Å²) in [6.07, 6.45) is 5.86. The molecule has 1 saturated carbocycles. The molecule has 0 heterocycles. The maximum Gasteiger partial charge on any atom is 0.316 e. The molecule has 3 nitrogen and oxygen atoms in total. The Labute approximate surface area is 91.2 Å². The SMILES string of the molecule is CCCCC[C@H]1CCC(=O)C1C(=O)OC. The van der Waals surface area contributed by atoms with Gasteiger partial charge in [-0.3, -0.25) is 9.59 Å². The summed E-state index contributed by atoms with van der Waals surface area (Å²) in [4.78, 5) is 22.9. The fourth-order valence-corrected chi connectivity index (χ4v) is 2.33. The predicted molar refractivity (Wildman–Crippen MR) is 57.4 cm³/mol. The quantitative estimate of drug-likeness (QED) is 0.399. The van der Waals surface area contributed by atoms with Crippen molar-refractivity contribution in [3.63, 3.8) is 0 Å².